The van der Waals surface area contributed by atoms with Crippen LogP contribution in [0, 0.1) is 11.7 Å². The molecule has 4 heterocycles. The van der Waals surface area contributed by atoms with Gasteiger partial charge in [0.2, 0.25) is 5.28 Å². The first kappa shape index (κ1) is 20.3. The van der Waals surface area contributed by atoms with Crippen LogP contribution in [-0.2, 0) is 4.74 Å². The van der Waals surface area contributed by atoms with E-state index >= 15 is 0 Å². The molecule has 0 N–H and O–H groups in total. The van der Waals surface area contributed by atoms with E-state index in [1.54, 1.807) is 4.90 Å². The van der Waals surface area contributed by atoms with Crippen molar-refractivity contribution in [3.8, 4) is 0 Å². The largest absolute Gasteiger partial charge is 0.444 e. The molecule has 1 amide bonds. The number of amides is 1. The van der Waals surface area contributed by atoms with Gasteiger partial charge in [0.05, 0.1) is 11.4 Å². The van der Waals surface area contributed by atoms with Crippen molar-refractivity contribution >= 4 is 46.0 Å². The summed E-state index contributed by atoms with van der Waals surface area (Å²) in [6, 6.07) is -0.0220. The molecule has 2 saturated heterocycles. The molecule has 2 fully saturated rings. The lowest BCUT2D eigenvalue weighted by atomic mass is 10.0. The van der Waals surface area contributed by atoms with Crippen molar-refractivity contribution in [2.45, 2.75) is 45.3 Å². The van der Waals surface area contributed by atoms with Crippen molar-refractivity contribution in [1.29, 1.82) is 0 Å². The summed E-state index contributed by atoms with van der Waals surface area (Å²) in [4.78, 5) is 28.7. The summed E-state index contributed by atoms with van der Waals surface area (Å²) in [5.74, 6) is 0.159. The highest BCUT2D eigenvalue weighted by molar-refractivity contribution is 6.30. The van der Waals surface area contributed by atoms with E-state index < -0.39 is 11.4 Å². The molecule has 2 atom stereocenters. The lowest BCUT2D eigenvalue weighted by Gasteiger charge is -2.33. The zero-order valence-electron chi connectivity index (χ0n) is 16.5. The van der Waals surface area contributed by atoms with Crippen molar-refractivity contribution in [3.63, 3.8) is 0 Å². The van der Waals surface area contributed by atoms with Gasteiger partial charge in [0.1, 0.15) is 16.9 Å². The van der Waals surface area contributed by atoms with Gasteiger partial charge in [-0.05, 0) is 51.1 Å². The fraction of sp³-hybridized carbons (Fsp3) is 0.579. The second-order valence-corrected chi connectivity index (χ2v) is 9.26. The molecule has 0 aromatic carbocycles. The Balaban J connectivity index is 1.66. The number of carbonyl (C=O) groups excluding carboxylic acids is 1. The number of rotatable bonds is 1. The van der Waals surface area contributed by atoms with E-state index in [1.807, 2.05) is 25.7 Å². The SMILES string of the molecule is CC(C)(C)OC(=O)N1CC2CCN(c3nc(Cl)nc4c(F)c(Cl)ncc34)CC1C2. The van der Waals surface area contributed by atoms with Gasteiger partial charge in [0, 0.05) is 25.8 Å². The molecule has 2 aliphatic heterocycles. The fourth-order valence-corrected chi connectivity index (χ4v) is 4.35. The molecule has 2 aromatic rings. The minimum absolute atomic E-state index is 0.0220. The van der Waals surface area contributed by atoms with Gasteiger partial charge in [-0.2, -0.15) is 4.98 Å². The highest BCUT2D eigenvalue weighted by Crippen LogP contribution is 2.35. The summed E-state index contributed by atoms with van der Waals surface area (Å²) in [5, 5.41) is 0.120. The van der Waals surface area contributed by atoms with Crippen LogP contribution in [0.25, 0.3) is 10.9 Å². The highest BCUT2D eigenvalue weighted by Gasteiger charge is 2.41. The molecule has 156 valence electrons. The average molecular weight is 442 g/mol. The van der Waals surface area contributed by atoms with Gasteiger partial charge < -0.3 is 14.5 Å². The van der Waals surface area contributed by atoms with Gasteiger partial charge in [-0.15, -0.1) is 0 Å². The molecule has 0 aliphatic carbocycles. The smallest absolute Gasteiger partial charge is 0.410 e. The number of hydrogen-bond acceptors (Lipinski definition) is 6. The van der Waals surface area contributed by atoms with Crippen LogP contribution >= 0.6 is 23.2 Å². The number of fused-ring (bicyclic) bond motifs is 3. The first-order valence-corrected chi connectivity index (χ1v) is 10.3. The number of anilines is 1. The topological polar surface area (TPSA) is 71.5 Å². The molecule has 7 nitrogen and oxygen atoms in total. The number of likely N-dealkylation sites (tertiary alicyclic amines) is 1. The molecule has 4 rings (SSSR count). The highest BCUT2D eigenvalue weighted by atomic mass is 35.5. The van der Waals surface area contributed by atoms with Crippen molar-refractivity contribution in [2.24, 2.45) is 5.92 Å². The lowest BCUT2D eigenvalue weighted by Crippen LogP contribution is -2.46. The molecule has 2 aliphatic rings. The van der Waals surface area contributed by atoms with Crippen molar-refractivity contribution in [1.82, 2.24) is 19.9 Å². The standard InChI is InChI=1S/C19H22Cl2FN5O2/c1-19(2,3)29-18(28)27-8-10-4-5-26(9-11(27)6-10)16-12-7-23-15(20)13(22)14(12)24-17(21)25-16/h7,10-11H,4-6,8-9H2,1-3H3. The Morgan fingerprint density at radius 2 is 2.03 bits per heavy atom. The van der Waals surface area contributed by atoms with E-state index in [1.165, 1.54) is 6.20 Å². The Labute approximate surface area is 178 Å². The Bertz CT molecular complexity index is 968. The molecular formula is C19H22Cl2FN5O2. The number of ether oxygens (including phenoxy) is 1. The number of carbonyl (C=O) groups is 1. The Morgan fingerprint density at radius 1 is 1.28 bits per heavy atom. The maximum atomic E-state index is 14.4. The zero-order valence-corrected chi connectivity index (χ0v) is 18.0. The van der Waals surface area contributed by atoms with E-state index in [0.29, 0.717) is 30.2 Å². The summed E-state index contributed by atoms with van der Waals surface area (Å²) < 4.78 is 20.0. The van der Waals surface area contributed by atoms with E-state index in [0.717, 1.165) is 19.4 Å². The normalized spacial score (nSPS) is 22.1. The van der Waals surface area contributed by atoms with E-state index in [2.05, 4.69) is 15.0 Å². The maximum Gasteiger partial charge on any atom is 0.410 e. The summed E-state index contributed by atoms with van der Waals surface area (Å²) in [6.07, 6.45) is 2.92. The number of hydrogen-bond donors (Lipinski definition) is 0. The van der Waals surface area contributed by atoms with Crippen LogP contribution in [0.4, 0.5) is 15.0 Å². The summed E-state index contributed by atoms with van der Waals surface area (Å²) >= 11 is 11.9. The number of pyridine rings is 1. The molecule has 2 aromatic heterocycles. The molecule has 10 heteroatoms. The van der Waals surface area contributed by atoms with Gasteiger partial charge >= 0.3 is 6.09 Å². The van der Waals surface area contributed by atoms with E-state index in [-0.39, 0.29) is 28.1 Å². The Kier molecular flexibility index (Phi) is 5.19. The van der Waals surface area contributed by atoms with Crippen LogP contribution in [0.2, 0.25) is 10.4 Å². The number of nitrogens with zero attached hydrogens (tertiary/aromatic N) is 5. The zero-order chi connectivity index (χ0) is 20.9. The molecular weight excluding hydrogens is 420 g/mol. The number of aromatic nitrogens is 3. The van der Waals surface area contributed by atoms with Crippen LogP contribution in [0.15, 0.2) is 6.20 Å². The molecule has 2 unspecified atom stereocenters. The Morgan fingerprint density at radius 3 is 2.76 bits per heavy atom. The predicted molar refractivity (Wildman–Crippen MR) is 109 cm³/mol. The minimum Gasteiger partial charge on any atom is -0.444 e. The van der Waals surface area contributed by atoms with Crippen LogP contribution in [0.1, 0.15) is 33.6 Å². The first-order valence-electron chi connectivity index (χ1n) is 9.54. The summed E-state index contributed by atoms with van der Waals surface area (Å²) in [5.41, 5.74) is -0.513. The van der Waals surface area contributed by atoms with Crippen molar-refractivity contribution < 1.29 is 13.9 Å². The Hall–Kier alpha value is -1.93. The number of halogens is 3. The van der Waals surface area contributed by atoms with Crippen LogP contribution in [-0.4, -0.2) is 57.2 Å². The van der Waals surface area contributed by atoms with Crippen molar-refractivity contribution in [3.05, 3.63) is 22.5 Å². The van der Waals surface area contributed by atoms with Gasteiger partial charge in [-0.25, -0.2) is 19.2 Å². The van der Waals surface area contributed by atoms with Crippen LogP contribution in [0.3, 0.4) is 0 Å². The first-order chi connectivity index (χ1) is 13.6. The third kappa shape index (κ3) is 4.05. The van der Waals surface area contributed by atoms with Crippen molar-refractivity contribution in [2.75, 3.05) is 24.5 Å². The molecule has 0 saturated carbocycles. The fourth-order valence-electron chi connectivity index (χ4n) is 4.05. The third-order valence-corrected chi connectivity index (χ3v) is 5.69. The summed E-state index contributed by atoms with van der Waals surface area (Å²) in [7, 11) is 0. The lowest BCUT2D eigenvalue weighted by molar-refractivity contribution is 0.0221. The van der Waals surface area contributed by atoms with Gasteiger partial charge in [-0.1, -0.05) is 11.6 Å². The second kappa shape index (κ2) is 7.40. The minimum atomic E-state index is -0.721. The molecule has 0 spiro atoms. The predicted octanol–water partition coefficient (Wildman–Crippen LogP) is 4.31. The van der Waals surface area contributed by atoms with Gasteiger partial charge in [0.15, 0.2) is 11.0 Å². The van der Waals surface area contributed by atoms with Gasteiger partial charge in [0.25, 0.3) is 0 Å². The maximum absolute atomic E-state index is 14.4. The summed E-state index contributed by atoms with van der Waals surface area (Å²) in [6.45, 7) is 7.51. The monoisotopic (exact) mass is 441 g/mol. The average Bonchev–Trinajstić information content (AvgIpc) is 2.90. The molecule has 0 radical (unpaired) electrons. The van der Waals surface area contributed by atoms with Crippen LogP contribution < -0.4 is 4.90 Å². The quantitative estimate of drug-likeness (QED) is 0.484. The third-order valence-electron chi connectivity index (χ3n) is 5.26. The molecule has 29 heavy (non-hydrogen) atoms. The second-order valence-electron chi connectivity index (χ2n) is 8.56. The van der Waals surface area contributed by atoms with E-state index in [4.69, 9.17) is 27.9 Å². The van der Waals surface area contributed by atoms with Crippen LogP contribution in [0.5, 0.6) is 0 Å². The van der Waals surface area contributed by atoms with E-state index in [9.17, 15) is 9.18 Å². The van der Waals surface area contributed by atoms with Gasteiger partial charge in [-0.3, -0.25) is 0 Å². The molecule has 2 bridgehead atoms.